The molecule has 1 unspecified atom stereocenters. The molecule has 2 rings (SSSR count). The van der Waals surface area contributed by atoms with Gasteiger partial charge in [-0.25, -0.2) is 9.97 Å². The zero-order valence-electron chi connectivity index (χ0n) is 8.24. The van der Waals surface area contributed by atoms with Gasteiger partial charge in [0.25, 0.3) is 0 Å². The van der Waals surface area contributed by atoms with Crippen LogP contribution in [0.3, 0.4) is 0 Å². The molecule has 1 aromatic heterocycles. The lowest BCUT2D eigenvalue weighted by Gasteiger charge is -2.10. The Morgan fingerprint density at radius 3 is 3.00 bits per heavy atom. The fourth-order valence-corrected chi connectivity index (χ4v) is 2.86. The maximum absolute atomic E-state index is 11.8. The molecule has 1 fully saturated rings. The highest BCUT2D eigenvalue weighted by molar-refractivity contribution is 8.00. The number of halogens is 2. The number of hydrogen-bond acceptors (Lipinski definition) is 4. The Bertz CT molecular complexity index is 410. The first-order valence-electron chi connectivity index (χ1n) is 4.77. The van der Waals surface area contributed by atoms with Crippen LogP contribution in [0.5, 0.6) is 0 Å². The van der Waals surface area contributed by atoms with Gasteiger partial charge in [-0.3, -0.25) is 4.79 Å². The predicted octanol–water partition coefficient (Wildman–Crippen LogP) is 2.62. The number of carbonyl (C=O) groups excluding carboxylic acids is 1. The van der Waals surface area contributed by atoms with Gasteiger partial charge in [0.1, 0.15) is 11.3 Å². The Hall–Kier alpha value is -0.520. The Balaban J connectivity index is 2.08. The van der Waals surface area contributed by atoms with Gasteiger partial charge >= 0.3 is 0 Å². The number of thioether (sulfide) groups is 1. The van der Waals surface area contributed by atoms with Crippen molar-refractivity contribution in [1.82, 2.24) is 9.97 Å². The SMILES string of the molecule is O=C(Nc1ncnc(Cl)c1Cl)C1CCCS1. The molecule has 0 radical (unpaired) electrons. The highest BCUT2D eigenvalue weighted by atomic mass is 35.5. The minimum absolute atomic E-state index is 0.00944. The Morgan fingerprint density at radius 2 is 2.31 bits per heavy atom. The predicted molar refractivity (Wildman–Crippen MR) is 66.2 cm³/mol. The fraction of sp³-hybridized carbons (Fsp3) is 0.444. The van der Waals surface area contributed by atoms with Crippen molar-refractivity contribution in [3.05, 3.63) is 16.5 Å². The molecule has 0 aliphatic carbocycles. The summed E-state index contributed by atoms with van der Waals surface area (Å²) in [6, 6.07) is 0. The average Bonchev–Trinajstić information content (AvgIpc) is 2.78. The molecule has 7 heteroatoms. The van der Waals surface area contributed by atoms with Crippen molar-refractivity contribution in [1.29, 1.82) is 0 Å². The first-order chi connectivity index (χ1) is 7.68. The van der Waals surface area contributed by atoms with Gasteiger partial charge in [-0.05, 0) is 18.6 Å². The lowest BCUT2D eigenvalue weighted by atomic mass is 10.2. The summed E-state index contributed by atoms with van der Waals surface area (Å²) >= 11 is 13.2. The zero-order chi connectivity index (χ0) is 11.5. The van der Waals surface area contributed by atoms with Crippen LogP contribution in [0.4, 0.5) is 5.82 Å². The van der Waals surface area contributed by atoms with Crippen molar-refractivity contribution >= 4 is 46.7 Å². The van der Waals surface area contributed by atoms with Crippen LogP contribution in [0.25, 0.3) is 0 Å². The highest BCUT2D eigenvalue weighted by Crippen LogP contribution is 2.29. The maximum atomic E-state index is 11.8. The topological polar surface area (TPSA) is 54.9 Å². The average molecular weight is 278 g/mol. The second-order valence-corrected chi connectivity index (χ2v) is 5.36. The minimum Gasteiger partial charge on any atom is -0.308 e. The highest BCUT2D eigenvalue weighted by Gasteiger charge is 2.24. The summed E-state index contributed by atoms with van der Waals surface area (Å²) in [7, 11) is 0. The Kier molecular flexibility index (Phi) is 3.89. The zero-order valence-corrected chi connectivity index (χ0v) is 10.6. The molecule has 1 aliphatic rings. The van der Waals surface area contributed by atoms with Crippen molar-refractivity contribution in [3.8, 4) is 0 Å². The molecule has 1 aromatic rings. The van der Waals surface area contributed by atoms with Crippen LogP contribution in [0, 0.1) is 0 Å². The van der Waals surface area contributed by atoms with Crippen LogP contribution < -0.4 is 5.32 Å². The van der Waals surface area contributed by atoms with Crippen molar-refractivity contribution in [3.63, 3.8) is 0 Å². The van der Waals surface area contributed by atoms with Crippen molar-refractivity contribution in [2.75, 3.05) is 11.1 Å². The smallest absolute Gasteiger partial charge is 0.238 e. The number of anilines is 1. The van der Waals surface area contributed by atoms with Crippen LogP contribution in [0.1, 0.15) is 12.8 Å². The normalized spacial score (nSPS) is 19.8. The fourth-order valence-electron chi connectivity index (χ4n) is 1.42. The van der Waals surface area contributed by atoms with Crippen LogP contribution in [0.15, 0.2) is 6.33 Å². The van der Waals surface area contributed by atoms with Gasteiger partial charge in [-0.15, -0.1) is 11.8 Å². The molecule has 0 spiro atoms. The van der Waals surface area contributed by atoms with Gasteiger partial charge in [0.05, 0.1) is 5.25 Å². The third-order valence-electron chi connectivity index (χ3n) is 2.21. The van der Waals surface area contributed by atoms with E-state index in [9.17, 15) is 4.79 Å². The summed E-state index contributed by atoms with van der Waals surface area (Å²) in [5.41, 5.74) is 0. The van der Waals surface area contributed by atoms with Crippen LogP contribution >= 0.6 is 35.0 Å². The maximum Gasteiger partial charge on any atom is 0.238 e. The molecule has 2 heterocycles. The van der Waals surface area contributed by atoms with E-state index in [-0.39, 0.29) is 27.2 Å². The number of hydrogen-bond donors (Lipinski definition) is 1. The molecule has 0 saturated carbocycles. The van der Waals surface area contributed by atoms with E-state index < -0.39 is 0 Å². The van der Waals surface area contributed by atoms with E-state index in [4.69, 9.17) is 23.2 Å². The lowest BCUT2D eigenvalue weighted by Crippen LogP contribution is -2.23. The van der Waals surface area contributed by atoms with E-state index in [1.54, 1.807) is 11.8 Å². The van der Waals surface area contributed by atoms with Gasteiger partial charge in [0, 0.05) is 0 Å². The second kappa shape index (κ2) is 5.21. The lowest BCUT2D eigenvalue weighted by molar-refractivity contribution is -0.115. The number of nitrogens with zero attached hydrogens (tertiary/aromatic N) is 2. The molecule has 0 bridgehead atoms. The van der Waals surface area contributed by atoms with Crippen molar-refractivity contribution in [2.45, 2.75) is 18.1 Å². The number of amides is 1. The van der Waals surface area contributed by atoms with E-state index in [1.807, 2.05) is 0 Å². The first kappa shape index (κ1) is 12.0. The van der Waals surface area contributed by atoms with Crippen molar-refractivity contribution in [2.24, 2.45) is 0 Å². The molecule has 16 heavy (non-hydrogen) atoms. The van der Waals surface area contributed by atoms with E-state index >= 15 is 0 Å². The van der Waals surface area contributed by atoms with Crippen LogP contribution in [-0.2, 0) is 4.79 Å². The Morgan fingerprint density at radius 1 is 1.50 bits per heavy atom. The van der Waals surface area contributed by atoms with Crippen molar-refractivity contribution < 1.29 is 4.79 Å². The number of rotatable bonds is 2. The summed E-state index contributed by atoms with van der Waals surface area (Å²) in [5.74, 6) is 1.23. The molecule has 1 N–H and O–H groups in total. The van der Waals surface area contributed by atoms with Gasteiger partial charge in [-0.1, -0.05) is 23.2 Å². The largest absolute Gasteiger partial charge is 0.308 e. The third-order valence-corrected chi connectivity index (χ3v) is 4.33. The van der Waals surface area contributed by atoms with E-state index in [1.165, 1.54) is 6.33 Å². The van der Waals surface area contributed by atoms with Crippen LogP contribution in [0.2, 0.25) is 10.2 Å². The summed E-state index contributed by atoms with van der Waals surface area (Å²) in [6.45, 7) is 0. The van der Waals surface area contributed by atoms with E-state index in [0.29, 0.717) is 0 Å². The van der Waals surface area contributed by atoms with E-state index in [0.717, 1.165) is 18.6 Å². The second-order valence-electron chi connectivity index (χ2n) is 3.32. The molecule has 1 aliphatic heterocycles. The molecule has 1 amide bonds. The molecular formula is C9H9Cl2N3OS. The van der Waals surface area contributed by atoms with Gasteiger partial charge in [-0.2, -0.15) is 0 Å². The van der Waals surface area contributed by atoms with Gasteiger partial charge < -0.3 is 5.32 Å². The summed E-state index contributed by atoms with van der Waals surface area (Å²) in [4.78, 5) is 19.4. The molecule has 86 valence electrons. The standard InChI is InChI=1S/C9H9Cl2N3OS/c10-6-7(11)12-4-13-8(6)14-9(15)5-2-1-3-16-5/h4-5H,1-3H2,(H,12,13,14,15). The summed E-state index contributed by atoms with van der Waals surface area (Å²) < 4.78 is 0. The molecular weight excluding hydrogens is 269 g/mol. The van der Waals surface area contributed by atoms with Gasteiger partial charge in [0.15, 0.2) is 11.0 Å². The minimum atomic E-state index is -0.0702. The molecule has 0 aromatic carbocycles. The van der Waals surface area contributed by atoms with Gasteiger partial charge in [0.2, 0.25) is 5.91 Å². The summed E-state index contributed by atoms with van der Waals surface area (Å²) in [5, 5.41) is 2.98. The first-order valence-corrected chi connectivity index (χ1v) is 6.57. The number of nitrogens with one attached hydrogen (secondary N) is 1. The number of carbonyl (C=O) groups is 1. The molecule has 1 atom stereocenters. The Labute approximate surface area is 107 Å². The quantitative estimate of drug-likeness (QED) is 0.845. The van der Waals surface area contributed by atoms with Crippen LogP contribution in [-0.4, -0.2) is 26.9 Å². The third kappa shape index (κ3) is 2.59. The molecule has 4 nitrogen and oxygen atoms in total. The number of aromatic nitrogens is 2. The molecule has 1 saturated heterocycles. The monoisotopic (exact) mass is 277 g/mol. The van der Waals surface area contributed by atoms with E-state index in [2.05, 4.69) is 15.3 Å². The summed E-state index contributed by atoms with van der Waals surface area (Å²) in [6.07, 6.45) is 3.24.